The Bertz CT molecular complexity index is 1320. The number of fused-ring (bicyclic) bond motifs is 2. The summed E-state index contributed by atoms with van der Waals surface area (Å²) in [4.78, 5) is 4.80. The van der Waals surface area contributed by atoms with Crippen molar-refractivity contribution in [2.24, 2.45) is 0 Å². The van der Waals surface area contributed by atoms with E-state index in [2.05, 4.69) is 47.9 Å². The fraction of sp³-hybridized carbons (Fsp3) is 0.148. The predicted molar refractivity (Wildman–Crippen MR) is 125 cm³/mol. The zero-order valence-electron chi connectivity index (χ0n) is 17.5. The van der Waals surface area contributed by atoms with Crippen LogP contribution in [0.25, 0.3) is 21.8 Å². The Morgan fingerprint density at radius 2 is 1.55 bits per heavy atom. The maximum absolute atomic E-state index is 6.18. The molecule has 0 atom stereocenters. The molecule has 0 saturated heterocycles. The van der Waals surface area contributed by atoms with Crippen LogP contribution in [0.3, 0.4) is 0 Å². The third-order valence-electron chi connectivity index (χ3n) is 5.44. The lowest BCUT2D eigenvalue weighted by Gasteiger charge is -2.13. The van der Waals surface area contributed by atoms with Gasteiger partial charge < -0.3 is 14.0 Å². The van der Waals surface area contributed by atoms with E-state index in [4.69, 9.17) is 14.5 Å². The molecule has 0 bridgehead atoms. The number of aromatic nitrogens is 2. The van der Waals surface area contributed by atoms with Crippen LogP contribution in [0.1, 0.15) is 11.4 Å². The molecule has 1 heterocycles. The average molecular weight is 409 g/mol. The molecule has 0 N–H and O–H groups in total. The Hall–Kier alpha value is -3.79. The van der Waals surface area contributed by atoms with Gasteiger partial charge in [-0.2, -0.15) is 0 Å². The van der Waals surface area contributed by atoms with Crippen LogP contribution in [0, 0.1) is 6.92 Å². The molecule has 0 saturated carbocycles. The van der Waals surface area contributed by atoms with E-state index in [9.17, 15) is 0 Å². The van der Waals surface area contributed by atoms with Crippen molar-refractivity contribution in [3.8, 4) is 11.5 Å². The first kappa shape index (κ1) is 19.2. The third-order valence-corrected chi connectivity index (χ3v) is 5.44. The predicted octanol–water partition coefficient (Wildman–Crippen LogP) is 6.16. The molecule has 0 aliphatic rings. The van der Waals surface area contributed by atoms with E-state index in [0.717, 1.165) is 33.7 Å². The molecule has 0 spiro atoms. The van der Waals surface area contributed by atoms with Gasteiger partial charge >= 0.3 is 0 Å². The second-order valence-corrected chi connectivity index (χ2v) is 7.60. The second kappa shape index (κ2) is 8.52. The first-order valence-corrected chi connectivity index (χ1v) is 10.5. The van der Waals surface area contributed by atoms with Crippen LogP contribution in [-0.4, -0.2) is 16.2 Å². The first-order chi connectivity index (χ1) is 15.3. The summed E-state index contributed by atoms with van der Waals surface area (Å²) in [6, 6.07) is 30.7. The highest BCUT2D eigenvalue weighted by Gasteiger charge is 2.12. The lowest BCUT2D eigenvalue weighted by Crippen LogP contribution is -2.13. The molecule has 0 aliphatic carbocycles. The lowest BCUT2D eigenvalue weighted by molar-refractivity contribution is 0.273. The number of benzene rings is 4. The van der Waals surface area contributed by atoms with Gasteiger partial charge in [0, 0.05) is 5.39 Å². The van der Waals surface area contributed by atoms with Gasteiger partial charge in [0.1, 0.15) is 30.5 Å². The summed E-state index contributed by atoms with van der Waals surface area (Å²) in [5.74, 6) is 2.64. The molecule has 0 unspecified atom stereocenters. The Labute approximate surface area is 181 Å². The van der Waals surface area contributed by atoms with Gasteiger partial charge in [0.15, 0.2) is 0 Å². The number of imidazole rings is 1. The van der Waals surface area contributed by atoms with Crippen LogP contribution in [0.15, 0.2) is 91.0 Å². The number of nitrogens with zero attached hydrogens (tertiary/aromatic N) is 2. The van der Waals surface area contributed by atoms with Crippen molar-refractivity contribution in [1.82, 2.24) is 9.55 Å². The molecule has 154 valence electrons. The number of aryl methyl sites for hydroxylation is 1. The zero-order chi connectivity index (χ0) is 21.0. The normalized spacial score (nSPS) is 11.1. The van der Waals surface area contributed by atoms with Gasteiger partial charge in [-0.15, -0.1) is 0 Å². The number of hydrogen-bond donors (Lipinski definition) is 0. The molecule has 0 radical (unpaired) electrons. The van der Waals surface area contributed by atoms with Gasteiger partial charge in [-0.05, 0) is 42.6 Å². The van der Waals surface area contributed by atoms with Crippen LogP contribution in [0.4, 0.5) is 0 Å². The first-order valence-electron chi connectivity index (χ1n) is 10.5. The second-order valence-electron chi connectivity index (χ2n) is 7.60. The number of rotatable bonds is 7. The largest absolute Gasteiger partial charge is 0.491 e. The van der Waals surface area contributed by atoms with E-state index in [0.29, 0.717) is 19.8 Å². The molecular weight excluding hydrogens is 384 g/mol. The smallest absolute Gasteiger partial charge is 0.148 e. The van der Waals surface area contributed by atoms with Gasteiger partial charge in [0.05, 0.1) is 17.6 Å². The minimum absolute atomic E-state index is 0.409. The third kappa shape index (κ3) is 4.10. The average Bonchev–Trinajstić information content (AvgIpc) is 3.16. The topological polar surface area (TPSA) is 36.3 Å². The molecule has 5 aromatic rings. The molecule has 0 aliphatic heterocycles. The van der Waals surface area contributed by atoms with E-state index >= 15 is 0 Å². The molecule has 4 aromatic carbocycles. The van der Waals surface area contributed by atoms with Crippen molar-refractivity contribution >= 4 is 21.8 Å². The molecular formula is C27H24N2O2. The molecule has 0 fully saturated rings. The standard InChI is InChI=1S/C27H24N2O2/c1-20-13-15-22(16-14-20)31-19-27-28-24-10-4-5-11-25(24)29(27)17-18-30-26-12-6-8-21-7-2-3-9-23(21)26/h2-16H,17-19H2,1H3. The summed E-state index contributed by atoms with van der Waals surface area (Å²) in [5, 5.41) is 2.31. The summed E-state index contributed by atoms with van der Waals surface area (Å²) in [5.41, 5.74) is 3.27. The van der Waals surface area contributed by atoms with E-state index < -0.39 is 0 Å². The summed E-state index contributed by atoms with van der Waals surface area (Å²) in [7, 11) is 0. The maximum Gasteiger partial charge on any atom is 0.148 e. The quantitative estimate of drug-likeness (QED) is 0.324. The molecule has 1 aromatic heterocycles. The van der Waals surface area contributed by atoms with Gasteiger partial charge in [-0.1, -0.05) is 66.2 Å². The van der Waals surface area contributed by atoms with E-state index in [1.807, 2.05) is 54.6 Å². The van der Waals surface area contributed by atoms with Crippen LogP contribution in [0.5, 0.6) is 11.5 Å². The molecule has 31 heavy (non-hydrogen) atoms. The van der Waals surface area contributed by atoms with Crippen molar-refractivity contribution in [1.29, 1.82) is 0 Å². The van der Waals surface area contributed by atoms with Crippen molar-refractivity contribution in [2.45, 2.75) is 20.1 Å². The van der Waals surface area contributed by atoms with Crippen LogP contribution in [-0.2, 0) is 13.2 Å². The minimum Gasteiger partial charge on any atom is -0.491 e. The fourth-order valence-corrected chi connectivity index (χ4v) is 3.84. The molecule has 4 heteroatoms. The highest BCUT2D eigenvalue weighted by molar-refractivity contribution is 5.88. The highest BCUT2D eigenvalue weighted by Crippen LogP contribution is 2.25. The summed E-state index contributed by atoms with van der Waals surface area (Å²) >= 11 is 0. The van der Waals surface area contributed by atoms with Crippen LogP contribution >= 0.6 is 0 Å². The highest BCUT2D eigenvalue weighted by atomic mass is 16.5. The van der Waals surface area contributed by atoms with E-state index in [-0.39, 0.29) is 0 Å². The minimum atomic E-state index is 0.409. The molecule has 5 rings (SSSR count). The number of para-hydroxylation sites is 2. The monoisotopic (exact) mass is 408 g/mol. The van der Waals surface area contributed by atoms with Crippen molar-refractivity contribution in [3.63, 3.8) is 0 Å². The zero-order valence-corrected chi connectivity index (χ0v) is 17.5. The molecule has 0 amide bonds. The fourth-order valence-electron chi connectivity index (χ4n) is 3.84. The SMILES string of the molecule is Cc1ccc(OCc2nc3ccccc3n2CCOc2cccc3ccccc23)cc1. The molecule has 4 nitrogen and oxygen atoms in total. The van der Waals surface area contributed by atoms with E-state index in [1.54, 1.807) is 0 Å². The Kier molecular flexibility index (Phi) is 5.28. The summed E-state index contributed by atoms with van der Waals surface area (Å²) in [6.45, 7) is 3.72. The summed E-state index contributed by atoms with van der Waals surface area (Å²) in [6.07, 6.45) is 0. The summed E-state index contributed by atoms with van der Waals surface area (Å²) < 4.78 is 14.4. The van der Waals surface area contributed by atoms with Gasteiger partial charge in [0.2, 0.25) is 0 Å². The number of ether oxygens (including phenoxy) is 2. The van der Waals surface area contributed by atoms with Gasteiger partial charge in [-0.25, -0.2) is 4.98 Å². The maximum atomic E-state index is 6.18. The van der Waals surface area contributed by atoms with Crippen LogP contribution in [0.2, 0.25) is 0 Å². The Morgan fingerprint density at radius 3 is 2.45 bits per heavy atom. The van der Waals surface area contributed by atoms with Crippen molar-refractivity contribution in [2.75, 3.05) is 6.61 Å². The van der Waals surface area contributed by atoms with E-state index in [1.165, 1.54) is 10.9 Å². The van der Waals surface area contributed by atoms with Gasteiger partial charge in [-0.3, -0.25) is 0 Å². The van der Waals surface area contributed by atoms with Crippen LogP contribution < -0.4 is 9.47 Å². The number of hydrogen-bond acceptors (Lipinski definition) is 3. The Balaban J connectivity index is 1.35. The Morgan fingerprint density at radius 1 is 0.774 bits per heavy atom. The van der Waals surface area contributed by atoms with Gasteiger partial charge in [0.25, 0.3) is 0 Å². The van der Waals surface area contributed by atoms with Crippen molar-refractivity contribution in [3.05, 3.63) is 102 Å². The van der Waals surface area contributed by atoms with Crippen molar-refractivity contribution < 1.29 is 9.47 Å². The lowest BCUT2D eigenvalue weighted by atomic mass is 10.1.